The van der Waals surface area contributed by atoms with Gasteiger partial charge in [0.05, 0.1) is 42.5 Å². The number of ether oxygens (including phenoxy) is 2. The zero-order valence-corrected chi connectivity index (χ0v) is 19.2. The van der Waals surface area contributed by atoms with Gasteiger partial charge in [0, 0.05) is 0 Å². The second-order valence-corrected chi connectivity index (χ2v) is 8.22. The minimum Gasteiger partial charge on any atom is -0.496 e. The van der Waals surface area contributed by atoms with E-state index in [1.807, 2.05) is 0 Å². The van der Waals surface area contributed by atoms with Crippen LogP contribution in [0, 0.1) is 0 Å². The van der Waals surface area contributed by atoms with Crippen molar-refractivity contribution in [1.29, 1.82) is 0 Å². The third kappa shape index (κ3) is 3.80. The van der Waals surface area contributed by atoms with Gasteiger partial charge in [0.25, 0.3) is 23.6 Å². The van der Waals surface area contributed by atoms with Gasteiger partial charge in [-0.3, -0.25) is 29.0 Å². The molecule has 0 aliphatic carbocycles. The van der Waals surface area contributed by atoms with Crippen molar-refractivity contribution < 1.29 is 33.4 Å². The average Bonchev–Trinajstić information content (AvgIpc) is 3.29. The quantitative estimate of drug-likeness (QED) is 0.375. The first-order valence-corrected chi connectivity index (χ1v) is 11.1. The summed E-state index contributed by atoms with van der Waals surface area (Å²) in [5.74, 6) is -2.17. The summed E-state index contributed by atoms with van der Waals surface area (Å²) < 4.78 is 10.6. The molecule has 3 aromatic rings. The maximum Gasteiger partial charge on any atom is 0.341 e. The van der Waals surface area contributed by atoms with E-state index in [0.29, 0.717) is 27.8 Å². The molecule has 0 bridgehead atoms. The largest absolute Gasteiger partial charge is 0.496 e. The number of fused-ring (bicyclic) bond motifs is 2. The summed E-state index contributed by atoms with van der Waals surface area (Å²) in [6, 6.07) is 17.8. The molecule has 2 aliphatic rings. The van der Waals surface area contributed by atoms with Gasteiger partial charge in [-0.1, -0.05) is 30.3 Å². The number of benzene rings is 3. The van der Waals surface area contributed by atoms with Gasteiger partial charge < -0.3 is 9.47 Å². The van der Waals surface area contributed by atoms with E-state index in [0.717, 1.165) is 9.80 Å². The number of hydrogen-bond donors (Lipinski definition) is 0. The first-order valence-electron chi connectivity index (χ1n) is 11.1. The molecule has 36 heavy (non-hydrogen) atoms. The minimum atomic E-state index is -0.729. The molecule has 9 heteroatoms. The zero-order valence-electron chi connectivity index (χ0n) is 19.2. The molecule has 2 heterocycles. The number of amides is 4. The van der Waals surface area contributed by atoms with Crippen molar-refractivity contribution in [2.24, 2.45) is 0 Å². The summed E-state index contributed by atoms with van der Waals surface area (Å²) in [7, 11) is 1.40. The van der Waals surface area contributed by atoms with Crippen LogP contribution in [-0.4, -0.2) is 59.7 Å². The predicted octanol–water partition coefficient (Wildman–Crippen LogP) is 2.94. The lowest BCUT2D eigenvalue weighted by Crippen LogP contribution is -2.33. The molecular weight excluding hydrogens is 464 g/mol. The van der Waals surface area contributed by atoms with Crippen LogP contribution >= 0.6 is 0 Å². The molecule has 0 saturated carbocycles. The van der Waals surface area contributed by atoms with Crippen molar-refractivity contribution in [2.75, 3.05) is 20.3 Å². The van der Waals surface area contributed by atoms with Crippen LogP contribution in [0.5, 0.6) is 5.75 Å². The fourth-order valence-electron chi connectivity index (χ4n) is 4.33. The van der Waals surface area contributed by atoms with Crippen molar-refractivity contribution in [2.45, 2.75) is 6.54 Å². The zero-order chi connectivity index (χ0) is 25.4. The molecule has 0 radical (unpaired) electrons. The highest BCUT2D eigenvalue weighted by molar-refractivity contribution is 6.22. The molecule has 0 N–H and O–H groups in total. The standard InChI is InChI=1S/C27H20N2O7/c1-35-22-11-10-16(15-29-25(32)19-8-4-5-9-20(19)26(29)33)14-21(22)27(34)36-13-12-28-23(30)17-6-2-3-7-18(17)24(28)31/h2-11,14H,12-13,15H2,1H3. The Hall–Kier alpha value is -4.79. The van der Waals surface area contributed by atoms with E-state index in [-0.39, 0.29) is 31.0 Å². The third-order valence-corrected chi connectivity index (χ3v) is 6.13. The number of hydrogen-bond acceptors (Lipinski definition) is 7. The van der Waals surface area contributed by atoms with Crippen molar-refractivity contribution in [3.05, 3.63) is 100 Å². The van der Waals surface area contributed by atoms with Crippen molar-refractivity contribution >= 4 is 29.6 Å². The predicted molar refractivity (Wildman–Crippen MR) is 126 cm³/mol. The molecule has 0 atom stereocenters. The van der Waals surface area contributed by atoms with Gasteiger partial charge in [-0.15, -0.1) is 0 Å². The minimum absolute atomic E-state index is 0.0361. The highest BCUT2D eigenvalue weighted by atomic mass is 16.5. The van der Waals surface area contributed by atoms with Gasteiger partial charge in [-0.05, 0) is 42.0 Å². The Morgan fingerprint density at radius 2 is 1.22 bits per heavy atom. The van der Waals surface area contributed by atoms with Gasteiger partial charge in [0.1, 0.15) is 17.9 Å². The van der Waals surface area contributed by atoms with E-state index in [1.54, 1.807) is 60.7 Å². The van der Waals surface area contributed by atoms with Gasteiger partial charge >= 0.3 is 5.97 Å². The van der Waals surface area contributed by atoms with Crippen molar-refractivity contribution in [3.63, 3.8) is 0 Å². The van der Waals surface area contributed by atoms with Crippen LogP contribution in [0.2, 0.25) is 0 Å². The smallest absolute Gasteiger partial charge is 0.341 e. The van der Waals surface area contributed by atoms with E-state index in [9.17, 15) is 24.0 Å². The number of rotatable bonds is 7. The summed E-state index contributed by atoms with van der Waals surface area (Å²) in [4.78, 5) is 65.3. The van der Waals surface area contributed by atoms with Crippen LogP contribution in [-0.2, 0) is 11.3 Å². The summed E-state index contributed by atoms with van der Waals surface area (Å²) in [5.41, 5.74) is 1.92. The maximum atomic E-state index is 12.8. The maximum absolute atomic E-state index is 12.8. The molecular formula is C27H20N2O7. The van der Waals surface area contributed by atoms with Crippen LogP contribution in [0.25, 0.3) is 0 Å². The van der Waals surface area contributed by atoms with E-state index in [2.05, 4.69) is 0 Å². The lowest BCUT2D eigenvalue weighted by molar-refractivity contribution is 0.0417. The van der Waals surface area contributed by atoms with Crippen LogP contribution in [0.15, 0.2) is 66.7 Å². The second kappa shape index (κ2) is 9.10. The normalized spacial score (nSPS) is 14.2. The molecule has 0 unspecified atom stereocenters. The van der Waals surface area contributed by atoms with Crippen molar-refractivity contribution in [3.8, 4) is 5.75 Å². The Kier molecular flexibility index (Phi) is 5.81. The molecule has 2 aliphatic heterocycles. The lowest BCUT2D eigenvalue weighted by atomic mass is 10.1. The number of carbonyl (C=O) groups excluding carboxylic acids is 5. The molecule has 0 spiro atoms. The average molecular weight is 484 g/mol. The summed E-state index contributed by atoms with van der Waals surface area (Å²) in [5, 5.41) is 0. The van der Waals surface area contributed by atoms with Gasteiger partial charge in [0.2, 0.25) is 0 Å². The van der Waals surface area contributed by atoms with E-state index in [1.165, 1.54) is 13.2 Å². The van der Waals surface area contributed by atoms with Gasteiger partial charge in [-0.2, -0.15) is 0 Å². The molecule has 4 amide bonds. The first-order chi connectivity index (χ1) is 17.4. The van der Waals surface area contributed by atoms with Crippen LogP contribution in [0.3, 0.4) is 0 Å². The van der Waals surface area contributed by atoms with Crippen LogP contribution in [0.1, 0.15) is 57.4 Å². The monoisotopic (exact) mass is 484 g/mol. The van der Waals surface area contributed by atoms with E-state index >= 15 is 0 Å². The highest BCUT2D eigenvalue weighted by Gasteiger charge is 2.36. The number of imide groups is 2. The van der Waals surface area contributed by atoms with Gasteiger partial charge in [-0.25, -0.2) is 4.79 Å². The summed E-state index contributed by atoms with van der Waals surface area (Å²) >= 11 is 0. The molecule has 180 valence electrons. The molecule has 0 fully saturated rings. The molecule has 5 rings (SSSR count). The van der Waals surface area contributed by atoms with E-state index < -0.39 is 29.6 Å². The first kappa shape index (κ1) is 23.0. The Bertz CT molecular complexity index is 1380. The summed E-state index contributed by atoms with van der Waals surface area (Å²) in [6.07, 6.45) is 0. The molecule has 0 aromatic heterocycles. The fourth-order valence-corrected chi connectivity index (χ4v) is 4.33. The fraction of sp³-hybridized carbons (Fsp3) is 0.148. The van der Waals surface area contributed by atoms with E-state index in [4.69, 9.17) is 9.47 Å². The van der Waals surface area contributed by atoms with Crippen LogP contribution < -0.4 is 4.74 Å². The Balaban J connectivity index is 1.27. The number of methoxy groups -OCH3 is 1. The summed E-state index contributed by atoms with van der Waals surface area (Å²) in [6.45, 7) is -0.350. The Labute approximate surface area is 205 Å². The topological polar surface area (TPSA) is 110 Å². The lowest BCUT2D eigenvalue weighted by Gasteiger charge is -2.16. The number of esters is 1. The van der Waals surface area contributed by atoms with Gasteiger partial charge in [0.15, 0.2) is 0 Å². The Morgan fingerprint density at radius 3 is 1.72 bits per heavy atom. The number of nitrogens with zero attached hydrogens (tertiary/aromatic N) is 2. The second-order valence-electron chi connectivity index (χ2n) is 8.22. The highest BCUT2D eigenvalue weighted by Crippen LogP contribution is 2.27. The van der Waals surface area contributed by atoms with Crippen LogP contribution in [0.4, 0.5) is 0 Å². The third-order valence-electron chi connectivity index (χ3n) is 6.13. The number of carbonyl (C=O) groups is 5. The molecule has 0 saturated heterocycles. The SMILES string of the molecule is COc1ccc(CN2C(=O)c3ccccc3C2=O)cc1C(=O)OCCN1C(=O)c2ccccc2C1=O. The van der Waals surface area contributed by atoms with Crippen molar-refractivity contribution in [1.82, 2.24) is 9.80 Å². The molecule has 9 nitrogen and oxygen atoms in total. The Morgan fingerprint density at radius 1 is 0.722 bits per heavy atom. The molecule has 3 aromatic carbocycles.